The first-order valence-electron chi connectivity index (χ1n) is 4.91. The summed E-state index contributed by atoms with van der Waals surface area (Å²) in [5.41, 5.74) is 9.96. The molecule has 1 aromatic rings. The van der Waals surface area contributed by atoms with E-state index in [1.165, 1.54) is 12.8 Å². The average Bonchev–Trinajstić information content (AvgIpc) is 2.71. The van der Waals surface area contributed by atoms with E-state index in [1.807, 2.05) is 6.07 Å². The van der Waals surface area contributed by atoms with E-state index in [4.69, 9.17) is 17.1 Å². The number of anilines is 1. The molecule has 0 amide bonds. The van der Waals surface area contributed by atoms with Gasteiger partial charge in [0.2, 0.25) is 0 Å². The molecule has 1 saturated heterocycles. The van der Waals surface area contributed by atoms with Gasteiger partial charge in [-0.05, 0) is 24.4 Å². The van der Waals surface area contributed by atoms with Crippen molar-refractivity contribution in [2.45, 2.75) is 12.8 Å². The van der Waals surface area contributed by atoms with Crippen molar-refractivity contribution in [2.24, 2.45) is 5.11 Å². The summed E-state index contributed by atoms with van der Waals surface area (Å²) >= 11 is 6.12. The van der Waals surface area contributed by atoms with Crippen LogP contribution in [0.2, 0.25) is 5.02 Å². The third kappa shape index (κ3) is 2.01. The van der Waals surface area contributed by atoms with Gasteiger partial charge in [-0.25, -0.2) is 0 Å². The number of benzene rings is 1. The lowest BCUT2D eigenvalue weighted by Crippen LogP contribution is -2.18. The number of hydrogen-bond acceptors (Lipinski definition) is 2. The third-order valence-electron chi connectivity index (χ3n) is 2.54. The van der Waals surface area contributed by atoms with Crippen LogP contribution in [0.15, 0.2) is 23.3 Å². The summed E-state index contributed by atoms with van der Waals surface area (Å²) in [7, 11) is 0. The van der Waals surface area contributed by atoms with Crippen molar-refractivity contribution in [1.82, 2.24) is 0 Å². The predicted molar refractivity (Wildman–Crippen MR) is 61.7 cm³/mol. The first kappa shape index (κ1) is 10.1. The minimum Gasteiger partial charge on any atom is -0.370 e. The molecule has 0 N–H and O–H groups in total. The fourth-order valence-corrected chi connectivity index (χ4v) is 2.18. The van der Waals surface area contributed by atoms with Gasteiger partial charge in [-0.1, -0.05) is 28.8 Å². The average molecular weight is 223 g/mol. The lowest BCUT2D eigenvalue weighted by molar-refractivity contribution is 0.949. The van der Waals surface area contributed by atoms with Crippen LogP contribution in [-0.2, 0) is 0 Å². The molecule has 0 aliphatic carbocycles. The van der Waals surface area contributed by atoms with E-state index in [9.17, 15) is 0 Å². The van der Waals surface area contributed by atoms with Gasteiger partial charge >= 0.3 is 0 Å². The molecular weight excluding hydrogens is 212 g/mol. The third-order valence-corrected chi connectivity index (χ3v) is 2.85. The number of rotatable bonds is 2. The van der Waals surface area contributed by atoms with Gasteiger partial charge in [0.25, 0.3) is 0 Å². The van der Waals surface area contributed by atoms with E-state index >= 15 is 0 Å². The molecule has 0 aromatic heterocycles. The standard InChI is InChI=1S/C10H11ClN4/c11-8-4-3-5-9(13-14-12)10(8)15-6-1-2-7-15/h3-5H,1-2,6-7H2. The highest BCUT2D eigenvalue weighted by Gasteiger charge is 2.17. The lowest BCUT2D eigenvalue weighted by Gasteiger charge is -2.20. The molecule has 78 valence electrons. The van der Waals surface area contributed by atoms with E-state index in [0.717, 1.165) is 18.8 Å². The summed E-state index contributed by atoms with van der Waals surface area (Å²) < 4.78 is 0. The van der Waals surface area contributed by atoms with Crippen molar-refractivity contribution in [1.29, 1.82) is 0 Å². The highest BCUT2D eigenvalue weighted by Crippen LogP contribution is 2.37. The second-order valence-corrected chi connectivity index (χ2v) is 3.90. The minimum absolute atomic E-state index is 0.618. The number of hydrogen-bond donors (Lipinski definition) is 0. The Morgan fingerprint density at radius 3 is 2.73 bits per heavy atom. The maximum absolute atomic E-state index is 8.47. The largest absolute Gasteiger partial charge is 0.370 e. The van der Waals surface area contributed by atoms with Crippen LogP contribution in [0, 0.1) is 0 Å². The Balaban J connectivity index is 2.45. The van der Waals surface area contributed by atoms with Gasteiger partial charge in [0, 0.05) is 18.0 Å². The van der Waals surface area contributed by atoms with Crippen molar-refractivity contribution in [3.8, 4) is 0 Å². The normalized spacial score (nSPS) is 15.1. The molecule has 0 radical (unpaired) electrons. The summed E-state index contributed by atoms with van der Waals surface area (Å²) in [6.45, 7) is 1.97. The summed E-state index contributed by atoms with van der Waals surface area (Å²) in [5, 5.41) is 4.32. The van der Waals surface area contributed by atoms with Gasteiger partial charge in [-0.3, -0.25) is 0 Å². The SMILES string of the molecule is [N-]=[N+]=Nc1cccc(Cl)c1N1CCCC1. The highest BCUT2D eigenvalue weighted by atomic mass is 35.5. The zero-order valence-corrected chi connectivity index (χ0v) is 8.98. The number of para-hydroxylation sites is 1. The Hall–Kier alpha value is -1.38. The molecule has 4 nitrogen and oxygen atoms in total. The van der Waals surface area contributed by atoms with E-state index in [-0.39, 0.29) is 0 Å². The van der Waals surface area contributed by atoms with Crippen LogP contribution >= 0.6 is 11.6 Å². The molecule has 0 bridgehead atoms. The monoisotopic (exact) mass is 222 g/mol. The first-order chi connectivity index (χ1) is 7.33. The van der Waals surface area contributed by atoms with E-state index in [1.54, 1.807) is 12.1 Å². The van der Waals surface area contributed by atoms with Crippen molar-refractivity contribution in [2.75, 3.05) is 18.0 Å². The first-order valence-corrected chi connectivity index (χ1v) is 5.29. The van der Waals surface area contributed by atoms with E-state index in [0.29, 0.717) is 10.7 Å². The van der Waals surface area contributed by atoms with Crippen molar-refractivity contribution in [3.63, 3.8) is 0 Å². The van der Waals surface area contributed by atoms with Crippen molar-refractivity contribution >= 4 is 23.0 Å². The molecule has 1 fully saturated rings. The fraction of sp³-hybridized carbons (Fsp3) is 0.400. The fourth-order valence-electron chi connectivity index (χ4n) is 1.89. The summed E-state index contributed by atoms with van der Waals surface area (Å²) in [5.74, 6) is 0. The number of halogens is 1. The van der Waals surface area contributed by atoms with E-state index < -0.39 is 0 Å². The highest BCUT2D eigenvalue weighted by molar-refractivity contribution is 6.33. The molecule has 0 saturated carbocycles. The molecule has 1 heterocycles. The maximum Gasteiger partial charge on any atom is 0.0652 e. The van der Waals surface area contributed by atoms with E-state index in [2.05, 4.69) is 14.9 Å². The van der Waals surface area contributed by atoms with Gasteiger partial charge in [0.15, 0.2) is 0 Å². The zero-order chi connectivity index (χ0) is 10.7. The molecule has 0 atom stereocenters. The minimum atomic E-state index is 0.618. The summed E-state index contributed by atoms with van der Waals surface area (Å²) in [4.78, 5) is 4.99. The van der Waals surface area contributed by atoms with Crippen molar-refractivity contribution < 1.29 is 0 Å². The molecular formula is C10H11ClN4. The Morgan fingerprint density at radius 2 is 2.07 bits per heavy atom. The van der Waals surface area contributed by atoms with Gasteiger partial charge in [0.1, 0.15) is 0 Å². The predicted octanol–water partition coefficient (Wildman–Crippen LogP) is 3.88. The van der Waals surface area contributed by atoms with Gasteiger partial charge in [0.05, 0.1) is 16.4 Å². The lowest BCUT2D eigenvalue weighted by atomic mass is 10.2. The van der Waals surface area contributed by atoms with Crippen LogP contribution in [-0.4, -0.2) is 13.1 Å². The number of azide groups is 1. The molecule has 0 unspecified atom stereocenters. The Morgan fingerprint density at radius 1 is 1.33 bits per heavy atom. The smallest absolute Gasteiger partial charge is 0.0652 e. The Labute approximate surface area is 93.1 Å². The molecule has 0 spiro atoms. The van der Waals surface area contributed by atoms with Crippen LogP contribution in [0.25, 0.3) is 10.4 Å². The maximum atomic E-state index is 8.47. The molecule has 5 heteroatoms. The van der Waals surface area contributed by atoms with Crippen LogP contribution < -0.4 is 4.90 Å². The van der Waals surface area contributed by atoms with Crippen molar-refractivity contribution in [3.05, 3.63) is 33.7 Å². The van der Waals surface area contributed by atoms with Gasteiger partial charge in [-0.15, -0.1) is 0 Å². The van der Waals surface area contributed by atoms with Crippen LogP contribution in [0.1, 0.15) is 12.8 Å². The van der Waals surface area contributed by atoms with Crippen LogP contribution in [0.4, 0.5) is 11.4 Å². The summed E-state index contributed by atoms with van der Waals surface area (Å²) in [6, 6.07) is 5.41. The molecule has 1 aliphatic rings. The molecule has 15 heavy (non-hydrogen) atoms. The summed E-state index contributed by atoms with van der Waals surface area (Å²) in [6.07, 6.45) is 2.34. The van der Waals surface area contributed by atoms with Crippen LogP contribution in [0.5, 0.6) is 0 Å². The van der Waals surface area contributed by atoms with Gasteiger partial charge < -0.3 is 4.90 Å². The van der Waals surface area contributed by atoms with Crippen LogP contribution in [0.3, 0.4) is 0 Å². The van der Waals surface area contributed by atoms with Gasteiger partial charge in [-0.2, -0.15) is 0 Å². The molecule has 2 rings (SSSR count). The Bertz CT molecular complexity index is 406. The zero-order valence-electron chi connectivity index (χ0n) is 8.23. The molecule has 1 aromatic carbocycles. The Kier molecular flexibility index (Phi) is 2.99. The quantitative estimate of drug-likeness (QED) is 0.426. The topological polar surface area (TPSA) is 52.0 Å². The molecule has 1 aliphatic heterocycles. The number of nitrogens with zero attached hydrogens (tertiary/aromatic N) is 4. The second kappa shape index (κ2) is 4.43. The second-order valence-electron chi connectivity index (χ2n) is 3.49.